The average Bonchev–Trinajstić information content (AvgIpc) is 2.65. The van der Waals surface area contributed by atoms with Gasteiger partial charge in [0, 0.05) is 22.0 Å². The fourth-order valence-corrected chi connectivity index (χ4v) is 4.17. The fraction of sp³-hybridized carbons (Fsp3) is 0. The van der Waals surface area contributed by atoms with E-state index in [9.17, 15) is 17.6 Å². The first-order valence-corrected chi connectivity index (χ1v) is 10.1. The van der Waals surface area contributed by atoms with E-state index in [1.165, 1.54) is 66.7 Å². The fourth-order valence-electron chi connectivity index (χ4n) is 2.35. The number of benzene rings is 3. The molecular formula is C19H13Cl2FN2O3S. The molecule has 0 heterocycles. The maximum absolute atomic E-state index is 13.0. The van der Waals surface area contributed by atoms with E-state index in [4.69, 9.17) is 23.2 Å². The van der Waals surface area contributed by atoms with Crippen molar-refractivity contribution in [3.8, 4) is 0 Å². The van der Waals surface area contributed by atoms with Crippen molar-refractivity contribution in [2.45, 2.75) is 4.90 Å². The molecular weight excluding hydrogens is 426 g/mol. The number of sulfonamides is 1. The largest absolute Gasteiger partial charge is 0.322 e. The van der Waals surface area contributed by atoms with Gasteiger partial charge in [-0.2, -0.15) is 0 Å². The first kappa shape index (κ1) is 20.1. The molecule has 3 aromatic rings. The van der Waals surface area contributed by atoms with Crippen molar-refractivity contribution in [3.05, 3.63) is 88.2 Å². The molecule has 9 heteroatoms. The maximum Gasteiger partial charge on any atom is 0.263 e. The van der Waals surface area contributed by atoms with Gasteiger partial charge in [-0.25, -0.2) is 12.8 Å². The summed E-state index contributed by atoms with van der Waals surface area (Å²) in [5.41, 5.74) is 0.785. The average molecular weight is 439 g/mol. The van der Waals surface area contributed by atoms with Gasteiger partial charge in [0.05, 0.1) is 5.02 Å². The van der Waals surface area contributed by atoms with Crippen molar-refractivity contribution in [1.29, 1.82) is 0 Å². The van der Waals surface area contributed by atoms with Crippen LogP contribution in [0.3, 0.4) is 0 Å². The standard InChI is InChI=1S/C19H13Cl2FN2O3S/c20-13-4-9-17(21)18(11-13)28(26,27)24-16-3-1-2-12(10-16)19(25)23-15-7-5-14(22)6-8-15/h1-11,24H,(H,23,25). The van der Waals surface area contributed by atoms with Gasteiger partial charge in [0.25, 0.3) is 15.9 Å². The van der Waals surface area contributed by atoms with Crippen LogP contribution in [0.4, 0.5) is 15.8 Å². The number of carbonyl (C=O) groups excluding carboxylic acids is 1. The normalized spacial score (nSPS) is 11.1. The Morgan fingerprint density at radius 1 is 0.893 bits per heavy atom. The topological polar surface area (TPSA) is 75.3 Å². The van der Waals surface area contributed by atoms with Crippen molar-refractivity contribution in [2.75, 3.05) is 10.0 Å². The maximum atomic E-state index is 13.0. The van der Waals surface area contributed by atoms with Crippen LogP contribution in [0.25, 0.3) is 0 Å². The number of carbonyl (C=O) groups is 1. The molecule has 0 aromatic heterocycles. The number of hydrogen-bond donors (Lipinski definition) is 2. The summed E-state index contributed by atoms with van der Waals surface area (Å²) in [5, 5.41) is 2.84. The number of anilines is 2. The zero-order valence-corrected chi connectivity index (χ0v) is 16.4. The van der Waals surface area contributed by atoms with Gasteiger partial charge in [-0.3, -0.25) is 9.52 Å². The minimum atomic E-state index is -4.01. The molecule has 5 nitrogen and oxygen atoms in total. The predicted molar refractivity (Wildman–Crippen MR) is 108 cm³/mol. The molecule has 0 aliphatic heterocycles. The van der Waals surface area contributed by atoms with Crippen molar-refractivity contribution in [2.24, 2.45) is 0 Å². The Labute approximate surface area is 171 Å². The van der Waals surface area contributed by atoms with Crippen LogP contribution in [-0.2, 0) is 10.0 Å². The third kappa shape index (κ3) is 4.81. The van der Waals surface area contributed by atoms with Gasteiger partial charge in [-0.15, -0.1) is 0 Å². The molecule has 0 radical (unpaired) electrons. The smallest absolute Gasteiger partial charge is 0.263 e. The van der Waals surface area contributed by atoms with E-state index in [0.717, 1.165) is 0 Å². The first-order chi connectivity index (χ1) is 13.2. The molecule has 0 aliphatic carbocycles. The highest BCUT2D eigenvalue weighted by molar-refractivity contribution is 7.92. The molecule has 0 aliphatic rings. The van der Waals surface area contributed by atoms with Crippen LogP contribution in [0.15, 0.2) is 71.6 Å². The third-order valence-electron chi connectivity index (χ3n) is 3.66. The van der Waals surface area contributed by atoms with Crippen LogP contribution < -0.4 is 10.0 Å². The van der Waals surface area contributed by atoms with Crippen LogP contribution in [0.5, 0.6) is 0 Å². The Kier molecular flexibility index (Phi) is 5.88. The number of halogens is 3. The zero-order valence-electron chi connectivity index (χ0n) is 14.1. The summed E-state index contributed by atoms with van der Waals surface area (Å²) < 4.78 is 40.5. The molecule has 2 N–H and O–H groups in total. The van der Waals surface area contributed by atoms with Crippen LogP contribution in [0, 0.1) is 5.82 Å². The molecule has 0 saturated heterocycles. The highest BCUT2D eigenvalue weighted by Crippen LogP contribution is 2.27. The molecule has 3 aromatic carbocycles. The third-order valence-corrected chi connectivity index (χ3v) is 5.76. The Balaban J connectivity index is 1.82. The van der Waals surface area contributed by atoms with E-state index in [1.54, 1.807) is 0 Å². The number of hydrogen-bond acceptors (Lipinski definition) is 3. The second kappa shape index (κ2) is 8.18. The summed E-state index contributed by atoms with van der Waals surface area (Å²) in [6.45, 7) is 0. The summed E-state index contributed by atoms with van der Waals surface area (Å²) in [5.74, 6) is -0.900. The number of nitrogens with one attached hydrogen (secondary N) is 2. The highest BCUT2D eigenvalue weighted by atomic mass is 35.5. The van der Waals surface area contributed by atoms with Gasteiger partial charge in [0.2, 0.25) is 0 Å². The van der Waals surface area contributed by atoms with Gasteiger partial charge >= 0.3 is 0 Å². The van der Waals surface area contributed by atoms with Crippen LogP contribution in [0.2, 0.25) is 10.0 Å². The van der Waals surface area contributed by atoms with Gasteiger partial charge in [-0.05, 0) is 60.7 Å². The molecule has 144 valence electrons. The van der Waals surface area contributed by atoms with E-state index >= 15 is 0 Å². The van der Waals surface area contributed by atoms with Crippen molar-refractivity contribution >= 4 is 50.5 Å². The van der Waals surface area contributed by atoms with Crippen LogP contribution >= 0.6 is 23.2 Å². The highest BCUT2D eigenvalue weighted by Gasteiger charge is 2.19. The Morgan fingerprint density at radius 3 is 2.32 bits per heavy atom. The summed E-state index contributed by atoms with van der Waals surface area (Å²) >= 11 is 11.8. The summed E-state index contributed by atoms with van der Waals surface area (Å²) in [6.07, 6.45) is 0. The van der Waals surface area contributed by atoms with E-state index in [1.807, 2.05) is 0 Å². The Hall–Kier alpha value is -2.61. The minimum Gasteiger partial charge on any atom is -0.322 e. The first-order valence-electron chi connectivity index (χ1n) is 7.89. The Morgan fingerprint density at radius 2 is 1.61 bits per heavy atom. The molecule has 0 spiro atoms. The van der Waals surface area contributed by atoms with E-state index < -0.39 is 21.7 Å². The summed E-state index contributed by atoms with van der Waals surface area (Å²) in [4.78, 5) is 12.2. The second-order valence-corrected chi connectivity index (χ2v) is 8.22. The van der Waals surface area contributed by atoms with E-state index in [-0.39, 0.29) is 26.2 Å². The zero-order chi connectivity index (χ0) is 20.3. The monoisotopic (exact) mass is 438 g/mol. The van der Waals surface area contributed by atoms with Gasteiger partial charge < -0.3 is 5.32 Å². The number of amides is 1. The minimum absolute atomic E-state index is 0.0158. The van der Waals surface area contributed by atoms with Crippen molar-refractivity contribution in [3.63, 3.8) is 0 Å². The lowest BCUT2D eigenvalue weighted by molar-refractivity contribution is 0.102. The lowest BCUT2D eigenvalue weighted by atomic mass is 10.2. The molecule has 0 atom stereocenters. The summed E-state index contributed by atoms with van der Waals surface area (Å²) in [7, 11) is -4.01. The van der Waals surface area contributed by atoms with Gasteiger partial charge in [0.1, 0.15) is 10.7 Å². The second-order valence-electron chi connectivity index (χ2n) is 5.72. The molecule has 0 saturated carbocycles. The predicted octanol–water partition coefficient (Wildman–Crippen LogP) is 5.19. The summed E-state index contributed by atoms with van der Waals surface area (Å²) in [6, 6.07) is 15.3. The van der Waals surface area contributed by atoms with E-state index in [2.05, 4.69) is 10.0 Å². The van der Waals surface area contributed by atoms with Crippen molar-refractivity contribution < 1.29 is 17.6 Å². The molecule has 1 amide bonds. The Bertz CT molecular complexity index is 1140. The van der Waals surface area contributed by atoms with E-state index in [0.29, 0.717) is 5.69 Å². The van der Waals surface area contributed by atoms with Crippen LogP contribution in [-0.4, -0.2) is 14.3 Å². The van der Waals surface area contributed by atoms with Crippen molar-refractivity contribution in [1.82, 2.24) is 0 Å². The van der Waals surface area contributed by atoms with Gasteiger partial charge in [0.15, 0.2) is 0 Å². The molecule has 28 heavy (non-hydrogen) atoms. The lowest BCUT2D eigenvalue weighted by Crippen LogP contribution is -2.15. The number of rotatable bonds is 5. The molecule has 0 unspecified atom stereocenters. The SMILES string of the molecule is O=C(Nc1ccc(F)cc1)c1cccc(NS(=O)(=O)c2cc(Cl)ccc2Cl)c1. The van der Waals surface area contributed by atoms with Gasteiger partial charge in [-0.1, -0.05) is 29.3 Å². The molecule has 0 bridgehead atoms. The van der Waals surface area contributed by atoms with Crippen LogP contribution in [0.1, 0.15) is 10.4 Å². The molecule has 3 rings (SSSR count). The molecule has 0 fully saturated rings. The lowest BCUT2D eigenvalue weighted by Gasteiger charge is -2.11. The quantitative estimate of drug-likeness (QED) is 0.575.